The fourth-order valence-electron chi connectivity index (χ4n) is 9.01. The van der Waals surface area contributed by atoms with E-state index in [9.17, 15) is 24.3 Å². The van der Waals surface area contributed by atoms with Gasteiger partial charge in [0.2, 0.25) is 0 Å². The molecule has 5 rings (SSSR count). The lowest BCUT2D eigenvalue weighted by Crippen LogP contribution is -2.61. The van der Waals surface area contributed by atoms with Gasteiger partial charge in [-0.3, -0.25) is 14.5 Å². The number of esters is 1. The Labute approximate surface area is 350 Å². The molecule has 18 heteroatoms. The van der Waals surface area contributed by atoms with Crippen LogP contribution in [0, 0.1) is 29.6 Å². The van der Waals surface area contributed by atoms with E-state index in [4.69, 9.17) is 29.4 Å². The van der Waals surface area contributed by atoms with E-state index >= 15 is 4.39 Å². The number of rotatable bonds is 8. The van der Waals surface area contributed by atoms with Crippen LogP contribution in [0.1, 0.15) is 74.7 Å². The SMILES string of the molecule is CC[C@H]1OC(=O)[C@@](C)(F)C(=O)[C@H](C)[C@@H](O[C@@H]2O[C@H](C)CC(N(C)C)C2O)[C@](C)(OC)C[C@@H](C)C(=O)[C@H](C)[C@H]2N(CC#CCn3cc(-c4cccc(N)n4)nn3)C(=O)O[C@]12C. The second-order valence-electron chi connectivity index (χ2n) is 17.1. The highest BCUT2D eigenvalue weighted by Crippen LogP contribution is 2.43. The van der Waals surface area contributed by atoms with Gasteiger partial charge in [-0.05, 0) is 73.2 Å². The first-order valence-electron chi connectivity index (χ1n) is 20.4. The summed E-state index contributed by atoms with van der Waals surface area (Å²) in [4.78, 5) is 64.0. The Bertz CT molecular complexity index is 1970. The predicted molar refractivity (Wildman–Crippen MR) is 215 cm³/mol. The number of hydrogen-bond acceptors (Lipinski definition) is 15. The van der Waals surface area contributed by atoms with Crippen LogP contribution < -0.4 is 5.73 Å². The third-order valence-corrected chi connectivity index (χ3v) is 12.4. The molecule has 60 heavy (non-hydrogen) atoms. The van der Waals surface area contributed by atoms with Crippen LogP contribution in [-0.4, -0.2) is 146 Å². The normalized spacial score (nSPS) is 36.9. The molecule has 2 unspecified atom stereocenters. The van der Waals surface area contributed by atoms with E-state index in [0.29, 0.717) is 23.6 Å². The second kappa shape index (κ2) is 18.2. The number of nitrogens with two attached hydrogens (primary N) is 1. The van der Waals surface area contributed by atoms with Crippen LogP contribution in [-0.2, 0) is 44.6 Å². The van der Waals surface area contributed by atoms with Gasteiger partial charge in [-0.2, -0.15) is 0 Å². The number of aromatic nitrogens is 4. The number of ketones is 2. The molecule has 0 radical (unpaired) electrons. The Balaban J connectivity index is 1.49. The van der Waals surface area contributed by atoms with Crippen molar-refractivity contribution in [3.05, 3.63) is 24.4 Å². The number of pyridine rings is 1. The number of carbonyl (C=O) groups excluding carboxylic acids is 4. The summed E-state index contributed by atoms with van der Waals surface area (Å²) in [6, 6.07) is 3.72. The second-order valence-corrected chi connectivity index (χ2v) is 17.1. The summed E-state index contributed by atoms with van der Waals surface area (Å²) in [5.41, 5.74) is 0.449. The molecule has 2 aromatic rings. The minimum atomic E-state index is -3.21. The van der Waals surface area contributed by atoms with E-state index in [-0.39, 0.29) is 43.9 Å². The number of hydrogen-bond donors (Lipinski definition) is 2. The number of amides is 1. The summed E-state index contributed by atoms with van der Waals surface area (Å²) in [6.45, 7) is 12.1. The molecule has 3 fully saturated rings. The van der Waals surface area contributed by atoms with Crippen LogP contribution in [0.25, 0.3) is 11.4 Å². The number of aliphatic hydroxyl groups excluding tert-OH is 1. The Morgan fingerprint density at radius 3 is 2.37 bits per heavy atom. The topological polar surface area (TPSA) is 211 Å². The van der Waals surface area contributed by atoms with E-state index in [1.54, 1.807) is 52.1 Å². The number of alkyl halides is 1. The first-order chi connectivity index (χ1) is 28.1. The van der Waals surface area contributed by atoms with Gasteiger partial charge in [0.1, 0.15) is 36.0 Å². The predicted octanol–water partition coefficient (Wildman–Crippen LogP) is 3.22. The zero-order valence-corrected chi connectivity index (χ0v) is 36.4. The molecule has 3 saturated heterocycles. The third kappa shape index (κ3) is 9.20. The first-order valence-corrected chi connectivity index (χ1v) is 20.4. The molecule has 1 amide bonds. The number of carbonyl (C=O) groups is 4. The highest BCUT2D eigenvalue weighted by Gasteiger charge is 2.61. The molecule has 2 aromatic heterocycles. The summed E-state index contributed by atoms with van der Waals surface area (Å²) in [6.07, 6.45) is -4.12. The van der Waals surface area contributed by atoms with Gasteiger partial charge in [0, 0.05) is 30.9 Å². The molecule has 0 aliphatic carbocycles. The Morgan fingerprint density at radius 2 is 1.73 bits per heavy atom. The van der Waals surface area contributed by atoms with Crippen LogP contribution in [0.3, 0.4) is 0 Å². The van der Waals surface area contributed by atoms with Gasteiger partial charge in [0.05, 0.1) is 42.3 Å². The van der Waals surface area contributed by atoms with E-state index in [1.807, 2.05) is 25.9 Å². The van der Waals surface area contributed by atoms with Crippen molar-refractivity contribution < 1.29 is 52.4 Å². The summed E-state index contributed by atoms with van der Waals surface area (Å²) >= 11 is 0. The zero-order valence-electron chi connectivity index (χ0n) is 36.4. The summed E-state index contributed by atoms with van der Waals surface area (Å²) in [5.74, 6) is 0.181. The summed E-state index contributed by atoms with van der Waals surface area (Å²) < 4.78 is 48.8. The molecule has 0 spiro atoms. The van der Waals surface area contributed by atoms with Crippen molar-refractivity contribution in [2.75, 3.05) is 33.5 Å². The number of Topliss-reactive ketones (excluding diaryl/α,β-unsaturated/α-hetero) is 2. The number of cyclic esters (lactones) is 1. The highest BCUT2D eigenvalue weighted by molar-refractivity contribution is 6.08. The van der Waals surface area contributed by atoms with Gasteiger partial charge in [-0.15, -0.1) is 5.10 Å². The van der Waals surface area contributed by atoms with Gasteiger partial charge in [0.25, 0.3) is 5.67 Å². The maximum absolute atomic E-state index is 16.9. The summed E-state index contributed by atoms with van der Waals surface area (Å²) in [5, 5.41) is 19.6. The smallest absolute Gasteiger partial charge is 0.411 e. The Morgan fingerprint density at radius 1 is 1.05 bits per heavy atom. The van der Waals surface area contributed by atoms with Gasteiger partial charge in [0.15, 0.2) is 17.7 Å². The van der Waals surface area contributed by atoms with Gasteiger partial charge >= 0.3 is 12.1 Å². The molecule has 13 atom stereocenters. The maximum atomic E-state index is 16.9. The fourth-order valence-corrected chi connectivity index (χ4v) is 9.01. The van der Waals surface area contributed by atoms with Crippen LogP contribution in [0.4, 0.5) is 15.0 Å². The minimum Gasteiger partial charge on any atom is -0.455 e. The van der Waals surface area contributed by atoms with Crippen molar-refractivity contribution in [1.82, 2.24) is 29.8 Å². The molecule has 3 N–H and O–H groups in total. The average Bonchev–Trinajstić information content (AvgIpc) is 3.78. The molecule has 17 nitrogen and oxygen atoms in total. The van der Waals surface area contributed by atoms with Gasteiger partial charge in [-0.25, -0.2) is 23.6 Å². The fraction of sp³-hybridized carbons (Fsp3) is 0.690. The molecule has 330 valence electrons. The molecule has 0 bridgehead atoms. The van der Waals surface area contributed by atoms with Crippen molar-refractivity contribution in [3.8, 4) is 23.2 Å². The van der Waals surface area contributed by atoms with Crippen LogP contribution in [0.15, 0.2) is 24.4 Å². The number of nitrogen functional groups attached to an aromatic ring is 1. The number of aliphatic hydroxyl groups is 1. The minimum absolute atomic E-state index is 0.0357. The molecule has 0 aromatic carbocycles. The lowest BCUT2D eigenvalue weighted by atomic mass is 9.73. The van der Waals surface area contributed by atoms with E-state index < -0.39 is 83.1 Å². The lowest BCUT2D eigenvalue weighted by molar-refractivity contribution is -0.295. The monoisotopic (exact) mass is 841 g/mol. The lowest BCUT2D eigenvalue weighted by Gasteiger charge is -2.47. The van der Waals surface area contributed by atoms with Crippen LogP contribution in [0.5, 0.6) is 0 Å². The van der Waals surface area contributed by atoms with Crippen molar-refractivity contribution in [3.63, 3.8) is 0 Å². The number of halogens is 1. The zero-order chi connectivity index (χ0) is 44.5. The number of ether oxygens (including phenoxy) is 5. The Kier molecular flexibility index (Phi) is 14.1. The van der Waals surface area contributed by atoms with E-state index in [1.165, 1.54) is 30.5 Å². The maximum Gasteiger partial charge on any atom is 0.411 e. The Hall–Kier alpha value is -4.54. The van der Waals surface area contributed by atoms with Crippen molar-refractivity contribution in [2.45, 2.75) is 141 Å². The molecular weight excluding hydrogens is 781 g/mol. The highest BCUT2D eigenvalue weighted by atomic mass is 19.1. The number of likely N-dealkylation sites (N-methyl/N-ethyl adjacent to an activating group) is 1. The van der Waals surface area contributed by atoms with Crippen LogP contribution >= 0.6 is 0 Å². The van der Waals surface area contributed by atoms with Crippen molar-refractivity contribution >= 4 is 29.4 Å². The number of methoxy groups -OCH3 is 1. The number of anilines is 1. The van der Waals surface area contributed by atoms with E-state index in [2.05, 4.69) is 27.1 Å². The van der Waals surface area contributed by atoms with Crippen molar-refractivity contribution in [2.24, 2.45) is 17.8 Å². The largest absolute Gasteiger partial charge is 0.455 e. The number of fused-ring (bicyclic) bond motifs is 1. The molecule has 5 heterocycles. The molecule has 3 aliphatic rings. The third-order valence-electron chi connectivity index (χ3n) is 12.4. The van der Waals surface area contributed by atoms with Gasteiger partial charge in [-0.1, -0.05) is 50.8 Å². The summed E-state index contributed by atoms with van der Waals surface area (Å²) in [7, 11) is 5.00. The average molecular weight is 842 g/mol. The molecule has 3 aliphatic heterocycles. The standard InChI is InChI=1S/C42H60FN7O10/c1-12-30-42(8)34(50(39(55)60-42)19-14-13-18-49-22-28(46-47-49)27-16-15-17-31(44)45-27)25(4)32(51)23(2)21-40(6,56-11)36(26(5)35(53)41(7,43)38(54)58-30)59-37-33(52)29(48(9)10)20-24(3)57-37/h15-17,22-26,29-30,33-34,36-37,52H,12,18-21H2,1-11H3,(H2,44,45)/t23-,24-,25+,26+,29?,30-,33?,34-,36-,37+,40-,41+,42-/m1/s1. The van der Waals surface area contributed by atoms with Gasteiger partial charge < -0.3 is 39.4 Å². The van der Waals surface area contributed by atoms with Crippen molar-refractivity contribution in [1.29, 1.82) is 0 Å². The van der Waals surface area contributed by atoms with E-state index in [0.717, 1.165) is 6.92 Å². The molecule has 0 saturated carbocycles. The van der Waals surface area contributed by atoms with Crippen LogP contribution in [0.2, 0.25) is 0 Å². The first kappa shape index (κ1) is 46.5. The molecular formula is C42H60FN7O10. The quantitative estimate of drug-likeness (QED) is 0.222. The number of nitrogens with zero attached hydrogens (tertiary/aromatic N) is 6.